The van der Waals surface area contributed by atoms with E-state index in [1.165, 1.54) is 44.9 Å². The van der Waals surface area contributed by atoms with E-state index in [0.29, 0.717) is 5.56 Å². The summed E-state index contributed by atoms with van der Waals surface area (Å²) >= 11 is 0. The van der Waals surface area contributed by atoms with Gasteiger partial charge < -0.3 is 5.11 Å². The average molecular weight is 330 g/mol. The van der Waals surface area contributed by atoms with Crippen molar-refractivity contribution in [2.75, 3.05) is 0 Å². The molecule has 0 aliphatic heterocycles. The first-order chi connectivity index (χ1) is 11.8. The number of carbonyl (C=O) groups excluding carboxylic acids is 1. The number of nitrogens with one attached hydrogen (secondary N) is 1. The fourth-order valence-corrected chi connectivity index (χ4v) is 3.11. The Morgan fingerprint density at radius 1 is 0.875 bits per heavy atom. The molecule has 2 N–H and O–H groups in total. The smallest absolute Gasteiger partial charge is 0.273 e. The first kappa shape index (κ1) is 18.7. The maximum absolute atomic E-state index is 12.1. The zero-order valence-corrected chi connectivity index (χ0v) is 14.5. The van der Waals surface area contributed by atoms with Crippen LogP contribution in [0.4, 0.5) is 0 Å². The highest BCUT2D eigenvalue weighted by molar-refractivity contribution is 5.87. The van der Waals surface area contributed by atoms with Crippen LogP contribution < -0.4 is 5.43 Å². The van der Waals surface area contributed by atoms with E-state index in [1.807, 2.05) is 18.2 Å². The van der Waals surface area contributed by atoms with E-state index in [0.717, 1.165) is 31.4 Å². The van der Waals surface area contributed by atoms with Crippen LogP contribution in [0.3, 0.4) is 0 Å². The molecule has 0 radical (unpaired) electrons. The molecular weight excluding hydrogens is 300 g/mol. The van der Waals surface area contributed by atoms with Crippen LogP contribution in [0.1, 0.15) is 82.3 Å². The molecule has 0 heterocycles. The summed E-state index contributed by atoms with van der Waals surface area (Å²) in [7, 11) is 0. The van der Waals surface area contributed by atoms with Crippen molar-refractivity contribution in [3.8, 4) is 0 Å². The molecule has 4 heteroatoms. The van der Waals surface area contributed by atoms with Gasteiger partial charge in [-0.15, -0.1) is 0 Å². The van der Waals surface area contributed by atoms with Gasteiger partial charge in [-0.2, -0.15) is 5.10 Å². The Balaban J connectivity index is 1.87. The zero-order chi connectivity index (χ0) is 17.0. The Bertz CT molecular complexity index is 500. The number of benzene rings is 1. The molecule has 0 spiro atoms. The van der Waals surface area contributed by atoms with Crippen LogP contribution in [-0.2, 0) is 4.79 Å². The predicted molar refractivity (Wildman–Crippen MR) is 97.8 cm³/mol. The number of amides is 1. The monoisotopic (exact) mass is 330 g/mol. The van der Waals surface area contributed by atoms with E-state index < -0.39 is 12.0 Å². The molecule has 0 saturated heterocycles. The van der Waals surface area contributed by atoms with Gasteiger partial charge in [-0.3, -0.25) is 4.79 Å². The quantitative estimate of drug-likeness (QED) is 0.802. The third kappa shape index (κ3) is 6.83. The number of hydrogen-bond donors (Lipinski definition) is 2. The van der Waals surface area contributed by atoms with Gasteiger partial charge in [0.2, 0.25) is 0 Å². The number of nitrogens with zero attached hydrogens (tertiary/aromatic N) is 1. The van der Waals surface area contributed by atoms with Gasteiger partial charge in [-0.25, -0.2) is 5.43 Å². The van der Waals surface area contributed by atoms with Crippen LogP contribution in [0.2, 0.25) is 0 Å². The maximum Gasteiger partial charge on any atom is 0.273 e. The summed E-state index contributed by atoms with van der Waals surface area (Å²) in [5.41, 5.74) is 4.21. The third-order valence-electron chi connectivity index (χ3n) is 4.62. The number of carbonyl (C=O) groups is 1. The standard InChI is InChI=1S/C20H30N2O2/c23-19(17-13-9-8-10-14-17)20(24)22-21-18-15-11-6-4-2-1-3-5-7-12-16-18/h8-10,13-14,19,23H,1-7,11-12,15-16H2,(H,22,24)/t19-/m1/s1. The molecule has 0 unspecified atom stereocenters. The van der Waals surface area contributed by atoms with Gasteiger partial charge in [-0.05, 0) is 31.2 Å². The van der Waals surface area contributed by atoms with Crippen LogP contribution in [0.25, 0.3) is 0 Å². The van der Waals surface area contributed by atoms with Crippen LogP contribution in [0.15, 0.2) is 35.4 Å². The highest BCUT2D eigenvalue weighted by Crippen LogP contribution is 2.16. The number of hydrazone groups is 1. The number of rotatable bonds is 3. The molecule has 1 aliphatic carbocycles. The first-order valence-electron chi connectivity index (χ1n) is 9.35. The Labute approximate surface area is 145 Å². The molecule has 1 fully saturated rings. The van der Waals surface area contributed by atoms with E-state index in [-0.39, 0.29) is 0 Å². The lowest BCUT2D eigenvalue weighted by atomic mass is 10.00. The van der Waals surface area contributed by atoms with Crippen molar-refractivity contribution in [2.24, 2.45) is 5.10 Å². The molecule has 1 saturated carbocycles. The Morgan fingerprint density at radius 2 is 1.38 bits per heavy atom. The van der Waals surface area contributed by atoms with E-state index in [9.17, 15) is 9.90 Å². The fraction of sp³-hybridized carbons (Fsp3) is 0.600. The lowest BCUT2D eigenvalue weighted by Gasteiger charge is -2.12. The fourth-order valence-electron chi connectivity index (χ4n) is 3.11. The molecule has 1 aliphatic rings. The molecular formula is C20H30N2O2. The molecule has 24 heavy (non-hydrogen) atoms. The van der Waals surface area contributed by atoms with Gasteiger partial charge in [0, 0.05) is 5.71 Å². The van der Waals surface area contributed by atoms with E-state index in [4.69, 9.17) is 0 Å². The van der Waals surface area contributed by atoms with Crippen LogP contribution in [0, 0.1) is 0 Å². The molecule has 0 aromatic heterocycles. The molecule has 4 nitrogen and oxygen atoms in total. The summed E-state index contributed by atoms with van der Waals surface area (Å²) in [6, 6.07) is 8.97. The van der Waals surface area contributed by atoms with Gasteiger partial charge in [0.1, 0.15) is 0 Å². The second-order valence-corrected chi connectivity index (χ2v) is 6.65. The van der Waals surface area contributed by atoms with Crippen molar-refractivity contribution in [1.82, 2.24) is 5.43 Å². The van der Waals surface area contributed by atoms with Gasteiger partial charge >= 0.3 is 0 Å². The van der Waals surface area contributed by atoms with Gasteiger partial charge in [0.05, 0.1) is 0 Å². The molecule has 1 atom stereocenters. The minimum absolute atomic E-state index is 0.459. The van der Waals surface area contributed by atoms with Crippen molar-refractivity contribution in [2.45, 2.75) is 76.7 Å². The van der Waals surface area contributed by atoms with Crippen LogP contribution >= 0.6 is 0 Å². The Hall–Kier alpha value is -1.68. The highest BCUT2D eigenvalue weighted by atomic mass is 16.3. The highest BCUT2D eigenvalue weighted by Gasteiger charge is 2.16. The van der Waals surface area contributed by atoms with Crippen molar-refractivity contribution in [3.05, 3.63) is 35.9 Å². The van der Waals surface area contributed by atoms with E-state index in [2.05, 4.69) is 10.5 Å². The zero-order valence-electron chi connectivity index (χ0n) is 14.5. The molecule has 0 bridgehead atoms. The summed E-state index contributed by atoms with van der Waals surface area (Å²) in [5.74, 6) is -0.459. The van der Waals surface area contributed by atoms with Crippen molar-refractivity contribution < 1.29 is 9.90 Å². The van der Waals surface area contributed by atoms with Crippen molar-refractivity contribution >= 4 is 11.6 Å². The summed E-state index contributed by atoms with van der Waals surface area (Å²) in [5, 5.41) is 14.4. The van der Waals surface area contributed by atoms with Crippen LogP contribution in [0.5, 0.6) is 0 Å². The van der Waals surface area contributed by atoms with Gasteiger partial charge in [-0.1, -0.05) is 75.3 Å². The number of aliphatic hydroxyl groups excluding tert-OH is 1. The van der Waals surface area contributed by atoms with Crippen LogP contribution in [-0.4, -0.2) is 16.7 Å². The molecule has 2 rings (SSSR count). The number of aliphatic hydroxyl groups is 1. The second kappa shape index (κ2) is 11.0. The third-order valence-corrected chi connectivity index (χ3v) is 4.62. The predicted octanol–water partition coefficient (Wildman–Crippen LogP) is 4.50. The van der Waals surface area contributed by atoms with E-state index in [1.54, 1.807) is 12.1 Å². The lowest BCUT2D eigenvalue weighted by molar-refractivity contribution is -0.129. The largest absolute Gasteiger partial charge is 0.378 e. The molecule has 132 valence electrons. The summed E-state index contributed by atoms with van der Waals surface area (Å²) < 4.78 is 0. The topological polar surface area (TPSA) is 61.7 Å². The molecule has 1 aromatic rings. The Kier molecular flexibility index (Phi) is 8.53. The molecule has 1 amide bonds. The van der Waals surface area contributed by atoms with Gasteiger partial charge in [0.25, 0.3) is 5.91 Å². The summed E-state index contributed by atoms with van der Waals surface area (Å²) in [4.78, 5) is 12.1. The normalized spacial score (nSPS) is 18.8. The Morgan fingerprint density at radius 3 is 1.92 bits per heavy atom. The minimum atomic E-state index is -1.17. The average Bonchev–Trinajstić information content (AvgIpc) is 2.61. The van der Waals surface area contributed by atoms with Gasteiger partial charge in [0.15, 0.2) is 6.10 Å². The number of hydrogen-bond acceptors (Lipinski definition) is 3. The first-order valence-corrected chi connectivity index (χ1v) is 9.35. The summed E-state index contributed by atoms with van der Waals surface area (Å²) in [6.45, 7) is 0. The SMILES string of the molecule is O=C(NN=C1CCCCCCCCCCC1)[C@H](O)c1ccccc1. The minimum Gasteiger partial charge on any atom is -0.378 e. The lowest BCUT2D eigenvalue weighted by Crippen LogP contribution is -2.26. The van der Waals surface area contributed by atoms with E-state index >= 15 is 0 Å². The van der Waals surface area contributed by atoms with Crippen molar-refractivity contribution in [3.63, 3.8) is 0 Å². The maximum atomic E-state index is 12.1. The van der Waals surface area contributed by atoms with Crippen molar-refractivity contribution in [1.29, 1.82) is 0 Å². The second-order valence-electron chi connectivity index (χ2n) is 6.65. The molecule has 1 aromatic carbocycles. The summed E-state index contributed by atoms with van der Waals surface area (Å²) in [6.07, 6.45) is 12.1.